The van der Waals surface area contributed by atoms with E-state index in [1.807, 2.05) is 0 Å². The molecule has 0 aromatic carbocycles. The zero-order valence-corrected chi connectivity index (χ0v) is 26.8. The molecule has 42 heavy (non-hydrogen) atoms. The van der Waals surface area contributed by atoms with E-state index in [1.165, 1.54) is 44.9 Å². The molecule has 242 valence electrons. The molecule has 0 aromatic heterocycles. The van der Waals surface area contributed by atoms with E-state index < -0.39 is 12.2 Å². The van der Waals surface area contributed by atoms with E-state index in [2.05, 4.69) is 24.1 Å². The Balaban J connectivity index is 1.20. The summed E-state index contributed by atoms with van der Waals surface area (Å²) in [5.74, 6) is 10.0. The number of aliphatic hydroxyl groups excluding tert-OH is 3. The van der Waals surface area contributed by atoms with Crippen LogP contribution in [0.1, 0.15) is 135 Å². The quantitative estimate of drug-likeness (QED) is 0.165. The van der Waals surface area contributed by atoms with Crippen LogP contribution in [-0.4, -0.2) is 59.1 Å². The van der Waals surface area contributed by atoms with Gasteiger partial charge in [-0.1, -0.05) is 57.8 Å². The molecule has 6 nitrogen and oxygen atoms in total. The Morgan fingerprint density at radius 2 is 1.62 bits per heavy atom. The summed E-state index contributed by atoms with van der Waals surface area (Å²) in [6, 6.07) is 0. The molecule has 0 bridgehead atoms. The lowest BCUT2D eigenvalue weighted by Crippen LogP contribution is -2.94. The van der Waals surface area contributed by atoms with Gasteiger partial charge in [-0.05, 0) is 94.3 Å². The second-order valence-electron chi connectivity index (χ2n) is 14.9. The summed E-state index contributed by atoms with van der Waals surface area (Å²) >= 11 is 0. The van der Waals surface area contributed by atoms with Crippen LogP contribution in [0.25, 0.3) is 0 Å². The van der Waals surface area contributed by atoms with E-state index in [9.17, 15) is 15.3 Å². The van der Waals surface area contributed by atoms with Gasteiger partial charge in [0, 0.05) is 31.3 Å². The SMILES string of the molecule is C[C@H](CC1CCCCC1)[C@H]1C#CC[C@H]([C@H](O)CCC2CCC(O)C(OCCCC3CC[NH2+]C(N)C3)C2)[C@@H](O)CCCC1. The van der Waals surface area contributed by atoms with Crippen molar-refractivity contribution in [2.24, 2.45) is 41.2 Å². The van der Waals surface area contributed by atoms with Crippen LogP contribution < -0.4 is 11.1 Å². The van der Waals surface area contributed by atoms with Crippen molar-refractivity contribution in [1.29, 1.82) is 0 Å². The number of piperidine rings is 1. The van der Waals surface area contributed by atoms with Crippen LogP contribution in [0.5, 0.6) is 0 Å². The molecule has 4 rings (SSSR count). The highest BCUT2D eigenvalue weighted by atomic mass is 16.5. The number of quaternary nitrogens is 1. The molecule has 10 atom stereocenters. The topological polar surface area (TPSA) is 113 Å². The molecule has 4 aliphatic rings. The molecular formula is C36H65N2O4+. The molecule has 1 saturated heterocycles. The number of hydrogen-bond acceptors (Lipinski definition) is 5. The maximum absolute atomic E-state index is 11.3. The van der Waals surface area contributed by atoms with Gasteiger partial charge in [0.2, 0.25) is 0 Å². The Bertz CT molecular complexity index is 808. The van der Waals surface area contributed by atoms with Crippen molar-refractivity contribution in [2.45, 2.75) is 166 Å². The molecule has 1 aliphatic heterocycles. The summed E-state index contributed by atoms with van der Waals surface area (Å²) in [6.07, 6.45) is 20.5. The summed E-state index contributed by atoms with van der Waals surface area (Å²) in [7, 11) is 0. The van der Waals surface area contributed by atoms with E-state index >= 15 is 0 Å². The molecule has 0 radical (unpaired) electrons. The molecule has 1 heterocycles. The summed E-state index contributed by atoms with van der Waals surface area (Å²) in [6.45, 7) is 4.25. The largest absolute Gasteiger partial charge is 0.393 e. The van der Waals surface area contributed by atoms with Gasteiger partial charge in [0.15, 0.2) is 0 Å². The number of aliphatic hydroxyl groups is 3. The summed E-state index contributed by atoms with van der Waals surface area (Å²) < 4.78 is 6.21. The van der Waals surface area contributed by atoms with Gasteiger partial charge in [-0.3, -0.25) is 5.73 Å². The predicted molar refractivity (Wildman–Crippen MR) is 169 cm³/mol. The molecule has 3 aliphatic carbocycles. The van der Waals surface area contributed by atoms with Gasteiger partial charge < -0.3 is 25.4 Å². The van der Waals surface area contributed by atoms with Crippen LogP contribution in [0.15, 0.2) is 0 Å². The van der Waals surface area contributed by atoms with Gasteiger partial charge in [-0.15, -0.1) is 5.92 Å². The Hall–Kier alpha value is -0.680. The van der Waals surface area contributed by atoms with Crippen LogP contribution in [-0.2, 0) is 4.74 Å². The van der Waals surface area contributed by atoms with E-state index in [-0.39, 0.29) is 24.3 Å². The van der Waals surface area contributed by atoms with Crippen molar-refractivity contribution in [3.8, 4) is 11.8 Å². The molecule has 2 saturated carbocycles. The van der Waals surface area contributed by atoms with Crippen molar-refractivity contribution in [3.05, 3.63) is 0 Å². The summed E-state index contributed by atoms with van der Waals surface area (Å²) in [5.41, 5.74) is 6.10. The Morgan fingerprint density at radius 3 is 2.43 bits per heavy atom. The molecule has 0 amide bonds. The fourth-order valence-electron chi connectivity index (χ4n) is 8.65. The van der Waals surface area contributed by atoms with Gasteiger partial charge in [-0.25, -0.2) is 0 Å². The third-order valence-corrected chi connectivity index (χ3v) is 11.5. The lowest BCUT2D eigenvalue weighted by atomic mass is 9.77. The van der Waals surface area contributed by atoms with Crippen molar-refractivity contribution >= 4 is 0 Å². The number of hydrogen-bond donors (Lipinski definition) is 5. The minimum absolute atomic E-state index is 0.0968. The zero-order chi connectivity index (χ0) is 29.7. The van der Waals surface area contributed by atoms with Crippen molar-refractivity contribution < 1.29 is 25.4 Å². The average molecular weight is 590 g/mol. The standard InChI is InChI=1S/C36H64N2O4/c1-26(23-27-9-3-2-4-10-27)30-12-5-6-15-32(39)31(14-7-13-30)33(40)18-16-29-17-19-34(41)35(24-29)42-22-8-11-28-20-21-38-36(37)25-28/h26-36,38-41H,2-6,8-12,14-25,37H2,1H3/p+1/t26-,28?,29?,30-,31+,32+,33-,34?,35?,36?/m1/s1. The van der Waals surface area contributed by atoms with E-state index in [1.54, 1.807) is 0 Å². The van der Waals surface area contributed by atoms with Gasteiger partial charge in [-0.2, -0.15) is 0 Å². The number of nitrogens with two attached hydrogens (primary N) is 2. The van der Waals surface area contributed by atoms with Gasteiger partial charge >= 0.3 is 0 Å². The Kier molecular flexibility index (Phi) is 14.9. The van der Waals surface area contributed by atoms with Crippen molar-refractivity contribution in [2.75, 3.05) is 13.2 Å². The van der Waals surface area contributed by atoms with Crippen LogP contribution in [0.2, 0.25) is 0 Å². The molecule has 0 aromatic rings. The summed E-state index contributed by atoms with van der Waals surface area (Å²) in [5, 5.41) is 35.1. The van der Waals surface area contributed by atoms with Crippen molar-refractivity contribution in [3.63, 3.8) is 0 Å². The fraction of sp³-hybridized carbons (Fsp3) is 0.944. The van der Waals surface area contributed by atoms with E-state index in [0.29, 0.717) is 43.1 Å². The molecule has 7 N–H and O–H groups in total. The van der Waals surface area contributed by atoms with Gasteiger partial charge in [0.05, 0.1) is 31.0 Å². The maximum atomic E-state index is 11.3. The average Bonchev–Trinajstić information content (AvgIpc) is 2.99. The highest BCUT2D eigenvalue weighted by molar-refractivity contribution is 5.07. The van der Waals surface area contributed by atoms with E-state index in [4.69, 9.17) is 10.5 Å². The molecule has 5 unspecified atom stereocenters. The lowest BCUT2D eigenvalue weighted by Gasteiger charge is -2.34. The smallest absolute Gasteiger partial charge is 0.137 e. The number of ether oxygens (including phenoxy) is 1. The molecule has 6 heteroatoms. The van der Waals surface area contributed by atoms with Crippen LogP contribution >= 0.6 is 0 Å². The summed E-state index contributed by atoms with van der Waals surface area (Å²) in [4.78, 5) is 0. The first-order valence-electron chi connectivity index (χ1n) is 18.1. The van der Waals surface area contributed by atoms with Crippen LogP contribution in [0.3, 0.4) is 0 Å². The second-order valence-corrected chi connectivity index (χ2v) is 14.9. The first kappa shape index (κ1) is 34.2. The zero-order valence-electron chi connectivity index (χ0n) is 26.8. The third kappa shape index (κ3) is 11.4. The third-order valence-electron chi connectivity index (χ3n) is 11.5. The minimum Gasteiger partial charge on any atom is -0.393 e. The van der Waals surface area contributed by atoms with Gasteiger partial charge in [0.25, 0.3) is 0 Å². The highest BCUT2D eigenvalue weighted by Crippen LogP contribution is 2.35. The van der Waals surface area contributed by atoms with Crippen molar-refractivity contribution in [1.82, 2.24) is 0 Å². The Labute approximate surface area is 257 Å². The van der Waals surface area contributed by atoms with Crippen LogP contribution in [0, 0.1) is 47.3 Å². The first-order chi connectivity index (χ1) is 20.4. The van der Waals surface area contributed by atoms with Crippen LogP contribution in [0.4, 0.5) is 0 Å². The highest BCUT2D eigenvalue weighted by Gasteiger charge is 2.32. The Morgan fingerprint density at radius 1 is 0.857 bits per heavy atom. The maximum Gasteiger partial charge on any atom is 0.137 e. The monoisotopic (exact) mass is 589 g/mol. The molecular weight excluding hydrogens is 524 g/mol. The number of rotatable bonds is 12. The second kappa shape index (κ2) is 18.3. The fourth-order valence-corrected chi connectivity index (χ4v) is 8.65. The van der Waals surface area contributed by atoms with Gasteiger partial charge in [0.1, 0.15) is 6.17 Å². The molecule has 3 fully saturated rings. The minimum atomic E-state index is -0.530. The predicted octanol–water partition coefficient (Wildman–Crippen LogP) is 4.88. The lowest BCUT2D eigenvalue weighted by molar-refractivity contribution is -0.699. The first-order valence-corrected chi connectivity index (χ1v) is 18.1. The molecule has 0 spiro atoms. The van der Waals surface area contributed by atoms with E-state index in [0.717, 1.165) is 83.1 Å². The normalized spacial score (nSPS) is 36.9.